The molecule has 0 spiro atoms. The topological polar surface area (TPSA) is 38.9 Å². The molecule has 80 valence electrons. The van der Waals surface area contributed by atoms with Crippen LogP contribution in [-0.4, -0.2) is 9.97 Å². The Labute approximate surface area is 93.1 Å². The summed E-state index contributed by atoms with van der Waals surface area (Å²) in [6.45, 7) is 2.12. The second-order valence-electron chi connectivity index (χ2n) is 3.85. The van der Waals surface area contributed by atoms with Crippen molar-refractivity contribution in [2.24, 2.45) is 0 Å². The average molecular weight is 212 g/mol. The van der Waals surface area contributed by atoms with Crippen molar-refractivity contribution in [1.82, 2.24) is 9.97 Å². The third-order valence-corrected chi connectivity index (χ3v) is 2.64. The molecule has 0 fully saturated rings. The molecule has 0 aliphatic rings. The third kappa shape index (κ3) is 1.36. The summed E-state index contributed by atoms with van der Waals surface area (Å²) in [5.74, 6) is 0.802. The van der Waals surface area contributed by atoms with Crippen LogP contribution < -0.4 is 0 Å². The number of fused-ring (bicyclic) bond motifs is 3. The Hall–Kier alpha value is -1.90. The summed E-state index contributed by atoms with van der Waals surface area (Å²) in [6, 6.07) is 7.97. The predicted molar refractivity (Wildman–Crippen MR) is 63.3 cm³/mol. The van der Waals surface area contributed by atoms with Crippen LogP contribution in [0.3, 0.4) is 0 Å². The number of hydrogen-bond acceptors (Lipinski definition) is 3. The van der Waals surface area contributed by atoms with Crippen LogP contribution in [0.15, 0.2) is 34.9 Å². The van der Waals surface area contributed by atoms with Crippen molar-refractivity contribution in [2.45, 2.75) is 19.8 Å². The standard InChI is InChI=1S/C13H12N2O/c1-2-5-12-15-11-8-14-10-7-4-3-6-9(10)13(11)16-12/h3-4,6-8H,2,5H2,1H3. The van der Waals surface area contributed by atoms with Gasteiger partial charge in [0, 0.05) is 11.8 Å². The zero-order chi connectivity index (χ0) is 11.0. The highest BCUT2D eigenvalue weighted by Crippen LogP contribution is 2.24. The number of pyridine rings is 1. The number of aryl methyl sites for hydroxylation is 1. The van der Waals surface area contributed by atoms with E-state index in [2.05, 4.69) is 16.9 Å². The van der Waals surface area contributed by atoms with Gasteiger partial charge >= 0.3 is 0 Å². The maximum absolute atomic E-state index is 5.77. The second-order valence-corrected chi connectivity index (χ2v) is 3.85. The van der Waals surface area contributed by atoms with Gasteiger partial charge in [-0.25, -0.2) is 4.98 Å². The lowest BCUT2D eigenvalue weighted by molar-refractivity contribution is 0.527. The van der Waals surface area contributed by atoms with Crippen LogP contribution in [0.4, 0.5) is 0 Å². The van der Waals surface area contributed by atoms with E-state index in [1.807, 2.05) is 24.3 Å². The Bertz CT molecular complexity index is 643. The number of aromatic nitrogens is 2. The van der Waals surface area contributed by atoms with Crippen LogP contribution in [0.2, 0.25) is 0 Å². The van der Waals surface area contributed by atoms with E-state index in [1.165, 1.54) is 0 Å². The summed E-state index contributed by atoms with van der Waals surface area (Å²) < 4.78 is 5.77. The first-order chi connectivity index (χ1) is 7.88. The van der Waals surface area contributed by atoms with Gasteiger partial charge in [-0.1, -0.05) is 19.1 Å². The number of rotatable bonds is 2. The second kappa shape index (κ2) is 3.59. The molecular formula is C13H12N2O. The highest BCUT2D eigenvalue weighted by atomic mass is 16.3. The first-order valence-electron chi connectivity index (χ1n) is 5.51. The molecule has 3 nitrogen and oxygen atoms in total. The summed E-state index contributed by atoms with van der Waals surface area (Å²) in [4.78, 5) is 8.78. The number of oxazole rings is 1. The van der Waals surface area contributed by atoms with Gasteiger partial charge in [0.25, 0.3) is 0 Å². The molecule has 0 aliphatic heterocycles. The van der Waals surface area contributed by atoms with Crippen molar-refractivity contribution in [1.29, 1.82) is 0 Å². The van der Waals surface area contributed by atoms with Gasteiger partial charge in [-0.2, -0.15) is 0 Å². The lowest BCUT2D eigenvalue weighted by Crippen LogP contribution is -1.80. The minimum atomic E-state index is 0.802. The molecular weight excluding hydrogens is 200 g/mol. The Kier molecular flexibility index (Phi) is 2.10. The maximum atomic E-state index is 5.77. The monoisotopic (exact) mass is 212 g/mol. The van der Waals surface area contributed by atoms with E-state index in [9.17, 15) is 0 Å². The summed E-state index contributed by atoms with van der Waals surface area (Å²) in [5.41, 5.74) is 2.66. The quantitative estimate of drug-likeness (QED) is 0.654. The van der Waals surface area contributed by atoms with Gasteiger partial charge in [-0.3, -0.25) is 4.98 Å². The van der Waals surface area contributed by atoms with Crippen LogP contribution >= 0.6 is 0 Å². The van der Waals surface area contributed by atoms with E-state index in [1.54, 1.807) is 6.20 Å². The van der Waals surface area contributed by atoms with E-state index in [-0.39, 0.29) is 0 Å². The minimum absolute atomic E-state index is 0.802. The Morgan fingerprint density at radius 2 is 2.06 bits per heavy atom. The fraction of sp³-hybridized carbons (Fsp3) is 0.231. The summed E-state index contributed by atoms with van der Waals surface area (Å²) in [6.07, 6.45) is 3.70. The largest absolute Gasteiger partial charge is 0.440 e. The molecule has 0 N–H and O–H groups in total. The van der Waals surface area contributed by atoms with Crippen LogP contribution in [0, 0.1) is 0 Å². The van der Waals surface area contributed by atoms with Crippen LogP contribution in [0.1, 0.15) is 19.2 Å². The van der Waals surface area contributed by atoms with E-state index < -0.39 is 0 Å². The van der Waals surface area contributed by atoms with Crippen LogP contribution in [-0.2, 0) is 6.42 Å². The van der Waals surface area contributed by atoms with Gasteiger partial charge in [0.2, 0.25) is 0 Å². The molecule has 0 amide bonds. The van der Waals surface area contributed by atoms with Gasteiger partial charge in [0.15, 0.2) is 11.5 Å². The highest BCUT2D eigenvalue weighted by Gasteiger charge is 2.08. The smallest absolute Gasteiger partial charge is 0.195 e. The summed E-state index contributed by atoms with van der Waals surface area (Å²) in [7, 11) is 0. The first-order valence-corrected chi connectivity index (χ1v) is 5.51. The van der Waals surface area contributed by atoms with E-state index in [0.717, 1.165) is 40.7 Å². The molecule has 3 heteroatoms. The van der Waals surface area contributed by atoms with Gasteiger partial charge in [0.1, 0.15) is 5.52 Å². The third-order valence-electron chi connectivity index (χ3n) is 2.64. The molecule has 0 saturated carbocycles. The van der Waals surface area contributed by atoms with Crippen molar-refractivity contribution in [2.75, 3.05) is 0 Å². The molecule has 0 saturated heterocycles. The zero-order valence-corrected chi connectivity index (χ0v) is 9.10. The molecule has 0 bridgehead atoms. The van der Waals surface area contributed by atoms with Gasteiger partial charge in [-0.15, -0.1) is 0 Å². The molecule has 16 heavy (non-hydrogen) atoms. The van der Waals surface area contributed by atoms with Crippen molar-refractivity contribution in [3.63, 3.8) is 0 Å². The van der Waals surface area contributed by atoms with Gasteiger partial charge in [-0.05, 0) is 18.6 Å². The molecule has 3 aromatic rings. The molecule has 3 rings (SSSR count). The Balaban J connectivity index is 2.32. The van der Waals surface area contributed by atoms with Crippen molar-refractivity contribution < 1.29 is 4.42 Å². The zero-order valence-electron chi connectivity index (χ0n) is 9.10. The first kappa shape index (κ1) is 9.33. The van der Waals surface area contributed by atoms with Crippen LogP contribution in [0.25, 0.3) is 22.0 Å². The molecule has 0 unspecified atom stereocenters. The molecule has 0 radical (unpaired) electrons. The summed E-state index contributed by atoms with van der Waals surface area (Å²) >= 11 is 0. The predicted octanol–water partition coefficient (Wildman–Crippen LogP) is 3.33. The van der Waals surface area contributed by atoms with E-state index >= 15 is 0 Å². The molecule has 2 heterocycles. The summed E-state index contributed by atoms with van der Waals surface area (Å²) in [5, 5.41) is 1.04. The highest BCUT2D eigenvalue weighted by molar-refractivity contribution is 6.00. The fourth-order valence-corrected chi connectivity index (χ4v) is 1.89. The SMILES string of the molecule is CCCc1nc2cnc3ccccc3c2o1. The fourth-order valence-electron chi connectivity index (χ4n) is 1.89. The Morgan fingerprint density at radius 3 is 2.94 bits per heavy atom. The van der Waals surface area contributed by atoms with Crippen molar-refractivity contribution in [3.05, 3.63) is 36.4 Å². The number of benzene rings is 1. The molecule has 0 atom stereocenters. The van der Waals surface area contributed by atoms with Gasteiger partial charge < -0.3 is 4.42 Å². The normalized spacial score (nSPS) is 11.3. The van der Waals surface area contributed by atoms with Crippen LogP contribution in [0.5, 0.6) is 0 Å². The molecule has 1 aromatic carbocycles. The number of hydrogen-bond donors (Lipinski definition) is 0. The average Bonchev–Trinajstić information content (AvgIpc) is 2.72. The van der Waals surface area contributed by atoms with E-state index in [4.69, 9.17) is 4.42 Å². The lowest BCUT2D eigenvalue weighted by atomic mass is 10.2. The minimum Gasteiger partial charge on any atom is -0.440 e. The van der Waals surface area contributed by atoms with Gasteiger partial charge in [0.05, 0.1) is 11.7 Å². The lowest BCUT2D eigenvalue weighted by Gasteiger charge is -1.94. The number of para-hydroxylation sites is 1. The number of nitrogens with zero attached hydrogens (tertiary/aromatic N) is 2. The molecule has 2 aromatic heterocycles. The maximum Gasteiger partial charge on any atom is 0.195 e. The van der Waals surface area contributed by atoms with Crippen molar-refractivity contribution >= 4 is 22.0 Å². The Morgan fingerprint density at radius 1 is 1.19 bits per heavy atom. The molecule has 0 aliphatic carbocycles. The van der Waals surface area contributed by atoms with E-state index in [0.29, 0.717) is 0 Å². The van der Waals surface area contributed by atoms with Crippen molar-refractivity contribution in [3.8, 4) is 0 Å².